The standard InChI is InChI=1S/C14H25N3O2S/c1-3-8-15-14(12-10-16-17(4-2)11-12)13-7-5-6-9-20(13,18)19/h10-11,13-15H,3-9H2,1-2H3. The van der Waals surface area contributed by atoms with Crippen molar-refractivity contribution >= 4 is 9.84 Å². The molecule has 1 saturated heterocycles. The number of nitrogens with one attached hydrogen (secondary N) is 1. The number of hydrogen-bond acceptors (Lipinski definition) is 4. The molecule has 20 heavy (non-hydrogen) atoms. The van der Waals surface area contributed by atoms with Crippen molar-refractivity contribution in [2.75, 3.05) is 12.3 Å². The van der Waals surface area contributed by atoms with E-state index in [0.29, 0.717) is 5.75 Å². The van der Waals surface area contributed by atoms with Crippen molar-refractivity contribution in [1.82, 2.24) is 15.1 Å². The lowest BCUT2D eigenvalue weighted by Gasteiger charge is -2.30. The van der Waals surface area contributed by atoms with Gasteiger partial charge in [-0.15, -0.1) is 0 Å². The fourth-order valence-corrected chi connectivity index (χ4v) is 4.93. The zero-order valence-electron chi connectivity index (χ0n) is 12.4. The number of aromatic nitrogens is 2. The summed E-state index contributed by atoms with van der Waals surface area (Å²) < 4.78 is 26.6. The number of aryl methyl sites for hydroxylation is 1. The van der Waals surface area contributed by atoms with E-state index in [0.717, 1.165) is 44.3 Å². The van der Waals surface area contributed by atoms with Gasteiger partial charge in [-0.1, -0.05) is 13.3 Å². The Bertz CT molecular complexity index is 524. The van der Waals surface area contributed by atoms with Crippen molar-refractivity contribution in [3.05, 3.63) is 18.0 Å². The molecular weight excluding hydrogens is 274 g/mol. The number of sulfone groups is 1. The minimum absolute atomic E-state index is 0.124. The highest BCUT2D eigenvalue weighted by Crippen LogP contribution is 2.30. The molecule has 0 amide bonds. The van der Waals surface area contributed by atoms with E-state index < -0.39 is 9.84 Å². The molecule has 2 heterocycles. The summed E-state index contributed by atoms with van der Waals surface area (Å²) in [5.74, 6) is 0.323. The zero-order chi connectivity index (χ0) is 14.6. The molecule has 2 unspecified atom stereocenters. The van der Waals surface area contributed by atoms with E-state index in [-0.39, 0.29) is 11.3 Å². The molecule has 1 aromatic rings. The predicted octanol–water partition coefficient (Wildman–Crippen LogP) is 1.91. The molecule has 0 saturated carbocycles. The topological polar surface area (TPSA) is 64.0 Å². The molecule has 2 atom stereocenters. The summed E-state index contributed by atoms with van der Waals surface area (Å²) in [5.41, 5.74) is 0.996. The van der Waals surface area contributed by atoms with E-state index in [9.17, 15) is 8.42 Å². The maximum Gasteiger partial charge on any atom is 0.155 e. The highest BCUT2D eigenvalue weighted by atomic mass is 32.2. The normalized spacial score (nSPS) is 23.6. The Morgan fingerprint density at radius 3 is 2.85 bits per heavy atom. The van der Waals surface area contributed by atoms with Crippen LogP contribution in [-0.4, -0.2) is 35.7 Å². The molecular formula is C14H25N3O2S. The molecule has 0 aromatic carbocycles. The first kappa shape index (κ1) is 15.5. The average Bonchev–Trinajstić information content (AvgIpc) is 2.89. The molecule has 1 N–H and O–H groups in total. The molecule has 1 aromatic heterocycles. The van der Waals surface area contributed by atoms with Gasteiger partial charge in [0.1, 0.15) is 0 Å². The van der Waals surface area contributed by atoms with Gasteiger partial charge in [-0.2, -0.15) is 5.10 Å². The molecule has 5 nitrogen and oxygen atoms in total. The highest BCUT2D eigenvalue weighted by Gasteiger charge is 2.36. The van der Waals surface area contributed by atoms with Gasteiger partial charge in [0.25, 0.3) is 0 Å². The third-order valence-corrected chi connectivity index (χ3v) is 6.24. The van der Waals surface area contributed by atoms with Gasteiger partial charge in [-0.05, 0) is 32.7 Å². The minimum atomic E-state index is -3.00. The Morgan fingerprint density at radius 1 is 1.45 bits per heavy atom. The summed E-state index contributed by atoms with van der Waals surface area (Å²) in [5, 5.41) is 7.40. The Kier molecular flexibility index (Phi) is 5.21. The van der Waals surface area contributed by atoms with Crippen molar-refractivity contribution < 1.29 is 8.42 Å². The summed E-state index contributed by atoms with van der Waals surface area (Å²) in [4.78, 5) is 0. The van der Waals surface area contributed by atoms with Gasteiger partial charge in [0, 0.05) is 18.3 Å². The molecule has 1 aliphatic heterocycles. The zero-order valence-corrected chi connectivity index (χ0v) is 13.2. The Morgan fingerprint density at radius 2 is 2.25 bits per heavy atom. The highest BCUT2D eigenvalue weighted by molar-refractivity contribution is 7.92. The molecule has 1 fully saturated rings. The van der Waals surface area contributed by atoms with E-state index in [4.69, 9.17) is 0 Å². The molecule has 114 valence electrons. The maximum atomic E-state index is 12.4. The quantitative estimate of drug-likeness (QED) is 0.871. The van der Waals surface area contributed by atoms with Gasteiger partial charge in [-0.25, -0.2) is 8.42 Å². The second-order valence-corrected chi connectivity index (χ2v) is 7.80. The summed E-state index contributed by atoms with van der Waals surface area (Å²) in [6.07, 6.45) is 7.31. The lowest BCUT2D eigenvalue weighted by molar-refractivity contribution is 0.446. The summed E-state index contributed by atoms with van der Waals surface area (Å²) in [6.45, 7) is 5.75. The third kappa shape index (κ3) is 3.41. The molecule has 0 aliphatic carbocycles. The van der Waals surface area contributed by atoms with Crippen LogP contribution in [-0.2, 0) is 16.4 Å². The van der Waals surface area contributed by atoms with Crippen LogP contribution < -0.4 is 5.32 Å². The predicted molar refractivity (Wildman–Crippen MR) is 80.4 cm³/mol. The molecule has 2 rings (SSSR count). The first-order chi connectivity index (χ1) is 9.58. The minimum Gasteiger partial charge on any atom is -0.309 e. The van der Waals surface area contributed by atoms with Crippen LogP contribution in [0.5, 0.6) is 0 Å². The average molecular weight is 299 g/mol. The first-order valence-electron chi connectivity index (χ1n) is 7.55. The van der Waals surface area contributed by atoms with Gasteiger partial charge in [0.15, 0.2) is 9.84 Å². The van der Waals surface area contributed by atoms with Crippen LogP contribution in [0.3, 0.4) is 0 Å². The van der Waals surface area contributed by atoms with E-state index in [1.54, 1.807) is 6.20 Å². The SMILES string of the molecule is CCCNC(c1cnn(CC)c1)C1CCCCS1(=O)=O. The fraction of sp³-hybridized carbons (Fsp3) is 0.786. The molecule has 0 spiro atoms. The van der Waals surface area contributed by atoms with Crippen molar-refractivity contribution in [3.8, 4) is 0 Å². The van der Waals surface area contributed by atoms with Crippen molar-refractivity contribution in [3.63, 3.8) is 0 Å². The van der Waals surface area contributed by atoms with Crippen LogP contribution >= 0.6 is 0 Å². The van der Waals surface area contributed by atoms with E-state index in [2.05, 4.69) is 17.3 Å². The first-order valence-corrected chi connectivity index (χ1v) is 9.27. The summed E-state index contributed by atoms with van der Waals surface area (Å²) in [7, 11) is -3.00. The van der Waals surface area contributed by atoms with Crippen molar-refractivity contribution in [2.24, 2.45) is 0 Å². The Labute approximate surface area is 121 Å². The van der Waals surface area contributed by atoms with E-state index in [1.807, 2.05) is 17.8 Å². The van der Waals surface area contributed by atoms with Crippen LogP contribution in [0, 0.1) is 0 Å². The van der Waals surface area contributed by atoms with Crippen LogP contribution in [0.1, 0.15) is 51.1 Å². The van der Waals surface area contributed by atoms with Crippen LogP contribution in [0.4, 0.5) is 0 Å². The second-order valence-electron chi connectivity index (χ2n) is 5.46. The lowest BCUT2D eigenvalue weighted by atomic mass is 10.0. The maximum absolute atomic E-state index is 12.4. The number of rotatable bonds is 6. The number of nitrogens with zero attached hydrogens (tertiary/aromatic N) is 2. The molecule has 0 bridgehead atoms. The van der Waals surface area contributed by atoms with E-state index in [1.165, 1.54) is 0 Å². The van der Waals surface area contributed by atoms with Crippen LogP contribution in [0.25, 0.3) is 0 Å². The van der Waals surface area contributed by atoms with Gasteiger partial charge >= 0.3 is 0 Å². The van der Waals surface area contributed by atoms with Crippen LogP contribution in [0.15, 0.2) is 12.4 Å². The van der Waals surface area contributed by atoms with Crippen LogP contribution in [0.2, 0.25) is 0 Å². The summed E-state index contributed by atoms with van der Waals surface area (Å²) >= 11 is 0. The smallest absolute Gasteiger partial charge is 0.155 e. The van der Waals surface area contributed by atoms with E-state index >= 15 is 0 Å². The van der Waals surface area contributed by atoms with Gasteiger partial charge in [-0.3, -0.25) is 4.68 Å². The van der Waals surface area contributed by atoms with Gasteiger partial charge in [0.2, 0.25) is 0 Å². The van der Waals surface area contributed by atoms with Gasteiger partial charge < -0.3 is 5.32 Å². The largest absolute Gasteiger partial charge is 0.309 e. The lowest BCUT2D eigenvalue weighted by Crippen LogP contribution is -2.40. The summed E-state index contributed by atoms with van der Waals surface area (Å²) in [6, 6.07) is -0.124. The fourth-order valence-electron chi connectivity index (χ4n) is 2.83. The van der Waals surface area contributed by atoms with Crippen molar-refractivity contribution in [1.29, 1.82) is 0 Å². The Balaban J connectivity index is 2.26. The molecule has 1 aliphatic rings. The molecule has 0 radical (unpaired) electrons. The second kappa shape index (κ2) is 6.72. The van der Waals surface area contributed by atoms with Crippen molar-refractivity contribution in [2.45, 2.75) is 57.4 Å². The molecule has 6 heteroatoms. The number of hydrogen-bond donors (Lipinski definition) is 1. The van der Waals surface area contributed by atoms with Gasteiger partial charge in [0.05, 0.1) is 23.2 Å². The monoisotopic (exact) mass is 299 g/mol. The third-order valence-electron chi connectivity index (χ3n) is 3.95. The Hall–Kier alpha value is -0.880.